The zero-order valence-corrected chi connectivity index (χ0v) is 25.9. The molecule has 1 N–H and O–H groups in total. The van der Waals surface area contributed by atoms with Crippen LogP contribution in [0.2, 0.25) is 0 Å². The van der Waals surface area contributed by atoms with Crippen molar-refractivity contribution in [3.05, 3.63) is 52.0 Å². The number of benzene rings is 1. The second-order valence-corrected chi connectivity index (χ2v) is 11.7. The number of ether oxygens (including phenoxy) is 1. The Morgan fingerprint density at radius 3 is 2.48 bits per heavy atom. The number of thiazole rings is 1. The molecule has 0 radical (unpaired) electrons. The van der Waals surface area contributed by atoms with Gasteiger partial charge in [-0.3, -0.25) is 9.59 Å². The van der Waals surface area contributed by atoms with Gasteiger partial charge in [0.15, 0.2) is 0 Å². The Bertz CT molecular complexity index is 1010. The van der Waals surface area contributed by atoms with E-state index in [-0.39, 0.29) is 35.9 Å². The van der Waals surface area contributed by atoms with Crippen molar-refractivity contribution in [1.82, 2.24) is 15.2 Å². The molecule has 1 aromatic carbocycles. The monoisotopic (exact) mass is 571 g/mol. The first-order chi connectivity index (χ1) is 19.3. The van der Waals surface area contributed by atoms with Gasteiger partial charge in [-0.05, 0) is 43.6 Å². The summed E-state index contributed by atoms with van der Waals surface area (Å²) in [5.41, 5.74) is 1.47. The van der Waals surface area contributed by atoms with Gasteiger partial charge in [0.1, 0.15) is 23.1 Å². The number of aldehydes is 1. The number of hydrogen-bond acceptors (Lipinski definition) is 6. The fourth-order valence-corrected chi connectivity index (χ4v) is 5.72. The molecule has 3 unspecified atom stereocenters. The zero-order valence-electron chi connectivity index (χ0n) is 25.1. The summed E-state index contributed by atoms with van der Waals surface area (Å²) in [6, 6.07) is 9.81. The van der Waals surface area contributed by atoms with Crippen LogP contribution in [0, 0.1) is 5.92 Å². The highest BCUT2D eigenvalue weighted by Crippen LogP contribution is 2.31. The van der Waals surface area contributed by atoms with Gasteiger partial charge in [0.05, 0.1) is 0 Å². The van der Waals surface area contributed by atoms with E-state index in [9.17, 15) is 14.4 Å². The normalized spacial score (nSPS) is 13.6. The quantitative estimate of drug-likeness (QED) is 0.177. The average molecular weight is 572 g/mol. The van der Waals surface area contributed by atoms with Crippen LogP contribution in [0.4, 0.5) is 0 Å². The molecule has 0 aliphatic heterocycles. The number of nitrogens with zero attached hydrogens (tertiary/aromatic N) is 2. The largest absolute Gasteiger partial charge is 0.371 e. The van der Waals surface area contributed by atoms with E-state index in [0.29, 0.717) is 44.4 Å². The van der Waals surface area contributed by atoms with Gasteiger partial charge in [-0.15, -0.1) is 11.3 Å². The number of unbranched alkanes of at least 4 members (excludes halogenated alkanes) is 1. The van der Waals surface area contributed by atoms with E-state index in [1.165, 1.54) is 11.3 Å². The molecule has 0 fully saturated rings. The number of amides is 2. The highest BCUT2D eigenvalue weighted by molar-refractivity contribution is 7.09. The lowest BCUT2D eigenvalue weighted by atomic mass is 9.95. The number of carbonyl (C=O) groups excluding carboxylic acids is 3. The summed E-state index contributed by atoms with van der Waals surface area (Å²) in [4.78, 5) is 44.2. The van der Waals surface area contributed by atoms with Crippen LogP contribution in [0.3, 0.4) is 0 Å². The maximum absolute atomic E-state index is 13.2. The highest BCUT2D eigenvalue weighted by Gasteiger charge is 2.31. The van der Waals surface area contributed by atoms with E-state index in [1.807, 2.05) is 35.2 Å². The third kappa shape index (κ3) is 11.1. The minimum atomic E-state index is -0.299. The van der Waals surface area contributed by atoms with Crippen LogP contribution in [0.25, 0.3) is 0 Å². The zero-order chi connectivity index (χ0) is 29.3. The number of hydrogen-bond donors (Lipinski definition) is 1. The predicted molar refractivity (Wildman–Crippen MR) is 163 cm³/mol. The Morgan fingerprint density at radius 2 is 1.85 bits per heavy atom. The Morgan fingerprint density at radius 1 is 1.10 bits per heavy atom. The highest BCUT2D eigenvalue weighted by atomic mass is 32.1. The number of carbonyl (C=O) groups is 3. The molecule has 0 bridgehead atoms. The van der Waals surface area contributed by atoms with Crippen molar-refractivity contribution in [1.29, 1.82) is 0 Å². The van der Waals surface area contributed by atoms with Gasteiger partial charge in [-0.25, -0.2) is 4.98 Å². The van der Waals surface area contributed by atoms with Gasteiger partial charge >= 0.3 is 0 Å². The number of nitrogens with one attached hydrogen (secondary N) is 1. The molecule has 40 heavy (non-hydrogen) atoms. The SMILES string of the molecule is CCCCC(=O)N(CCC)C(CC(OCCC)c1nc(C(=O)NC(CCC=O)Cc2ccccc2)cs1)C(C)C. The molecule has 0 saturated carbocycles. The predicted octanol–water partition coefficient (Wildman–Crippen LogP) is 6.77. The van der Waals surface area contributed by atoms with E-state index in [1.54, 1.807) is 5.38 Å². The van der Waals surface area contributed by atoms with Crippen LogP contribution in [0.1, 0.15) is 113 Å². The molecule has 0 saturated heterocycles. The second kappa shape index (κ2) is 18.7. The summed E-state index contributed by atoms with van der Waals surface area (Å²) < 4.78 is 6.29. The van der Waals surface area contributed by atoms with Crippen LogP contribution in [0.15, 0.2) is 35.7 Å². The van der Waals surface area contributed by atoms with Crippen molar-refractivity contribution in [3.8, 4) is 0 Å². The van der Waals surface area contributed by atoms with E-state index < -0.39 is 0 Å². The van der Waals surface area contributed by atoms with Gasteiger partial charge in [-0.2, -0.15) is 0 Å². The number of aromatic nitrogens is 1. The Kier molecular flexibility index (Phi) is 15.7. The molecule has 2 aromatic rings. The molecule has 0 spiro atoms. The molecular formula is C32H49N3O4S. The van der Waals surface area contributed by atoms with E-state index in [0.717, 1.165) is 49.1 Å². The first kappa shape index (κ1) is 33.6. The lowest BCUT2D eigenvalue weighted by Gasteiger charge is -2.36. The molecule has 222 valence electrons. The third-order valence-corrected chi connectivity index (χ3v) is 7.94. The summed E-state index contributed by atoms with van der Waals surface area (Å²) in [6.07, 6.45) is 7.05. The van der Waals surface area contributed by atoms with E-state index in [4.69, 9.17) is 9.72 Å². The van der Waals surface area contributed by atoms with Crippen molar-refractivity contribution >= 4 is 29.4 Å². The second-order valence-electron chi connectivity index (χ2n) is 10.8. The first-order valence-electron chi connectivity index (χ1n) is 15.0. The van der Waals surface area contributed by atoms with Crippen molar-refractivity contribution in [3.63, 3.8) is 0 Å². The van der Waals surface area contributed by atoms with Gasteiger partial charge < -0.3 is 19.7 Å². The van der Waals surface area contributed by atoms with Crippen molar-refractivity contribution in [2.45, 2.75) is 111 Å². The molecule has 3 atom stereocenters. The van der Waals surface area contributed by atoms with Crippen molar-refractivity contribution in [2.24, 2.45) is 5.92 Å². The van der Waals surface area contributed by atoms with E-state index >= 15 is 0 Å². The van der Waals surface area contributed by atoms with Crippen molar-refractivity contribution in [2.75, 3.05) is 13.2 Å². The smallest absolute Gasteiger partial charge is 0.270 e. The molecular weight excluding hydrogens is 522 g/mol. The van der Waals surface area contributed by atoms with Crippen LogP contribution >= 0.6 is 11.3 Å². The van der Waals surface area contributed by atoms with Crippen LogP contribution < -0.4 is 5.32 Å². The maximum atomic E-state index is 13.2. The van der Waals surface area contributed by atoms with Crippen LogP contribution in [-0.2, 0) is 20.7 Å². The molecule has 0 aliphatic carbocycles. The fraction of sp³-hybridized carbons (Fsp3) is 0.625. The molecule has 1 heterocycles. The molecule has 1 aromatic heterocycles. The minimum absolute atomic E-state index is 0.0194. The van der Waals surface area contributed by atoms with Gasteiger partial charge in [0.25, 0.3) is 5.91 Å². The summed E-state index contributed by atoms with van der Waals surface area (Å²) in [5, 5.41) is 5.64. The summed E-state index contributed by atoms with van der Waals surface area (Å²) in [6.45, 7) is 11.9. The average Bonchev–Trinajstić information content (AvgIpc) is 3.44. The van der Waals surface area contributed by atoms with Crippen molar-refractivity contribution < 1.29 is 19.1 Å². The Labute approximate surface area is 245 Å². The van der Waals surface area contributed by atoms with Gasteiger partial charge in [0.2, 0.25) is 5.91 Å². The van der Waals surface area contributed by atoms with Crippen LogP contribution in [0.5, 0.6) is 0 Å². The standard InChI is InChI=1S/C32H49N3O4S/c1-6-9-17-30(37)35(18-7-2)28(24(4)5)22-29(39-20-8-3)32-34-27(23-40-32)31(38)33-26(16-13-19-36)21-25-14-11-10-12-15-25/h10-12,14-15,19,23-24,26,28-29H,6-9,13,16-18,20-22H2,1-5H3,(H,33,38). The summed E-state index contributed by atoms with van der Waals surface area (Å²) in [7, 11) is 0. The number of rotatable bonds is 20. The van der Waals surface area contributed by atoms with Gasteiger partial charge in [-0.1, -0.05) is 71.4 Å². The molecule has 7 nitrogen and oxygen atoms in total. The lowest BCUT2D eigenvalue weighted by molar-refractivity contribution is -0.135. The van der Waals surface area contributed by atoms with Gasteiger partial charge in [0, 0.05) is 49.9 Å². The van der Waals surface area contributed by atoms with E-state index in [2.05, 4.69) is 39.9 Å². The molecule has 2 rings (SSSR count). The molecule has 2 amide bonds. The summed E-state index contributed by atoms with van der Waals surface area (Å²) in [5.74, 6) is 0.214. The fourth-order valence-electron chi connectivity index (χ4n) is 4.86. The molecule has 8 heteroatoms. The topological polar surface area (TPSA) is 88.6 Å². The maximum Gasteiger partial charge on any atom is 0.270 e. The Balaban J connectivity index is 2.22. The lowest BCUT2D eigenvalue weighted by Crippen LogP contribution is -2.44. The summed E-state index contributed by atoms with van der Waals surface area (Å²) >= 11 is 1.43. The van der Waals surface area contributed by atoms with Crippen LogP contribution in [-0.4, -0.2) is 53.2 Å². The first-order valence-corrected chi connectivity index (χ1v) is 15.9. The minimum Gasteiger partial charge on any atom is -0.371 e. The third-order valence-electron chi connectivity index (χ3n) is 7.00. The Hall–Kier alpha value is -2.58. The molecule has 0 aliphatic rings.